The second kappa shape index (κ2) is 13.0. The Hall–Kier alpha value is -1.59. The fourth-order valence-electron chi connectivity index (χ4n) is 10.0. The van der Waals surface area contributed by atoms with E-state index < -0.39 is 11.0 Å². The first kappa shape index (κ1) is 34.3. The molecule has 4 aliphatic rings. The van der Waals surface area contributed by atoms with Crippen molar-refractivity contribution in [1.29, 1.82) is 0 Å². The maximum absolute atomic E-state index is 12.8. The van der Waals surface area contributed by atoms with Gasteiger partial charge in [0.2, 0.25) is 0 Å². The van der Waals surface area contributed by atoms with Gasteiger partial charge in [-0.05, 0) is 152 Å². The van der Waals surface area contributed by atoms with Crippen molar-refractivity contribution >= 4 is 17.9 Å². The van der Waals surface area contributed by atoms with Gasteiger partial charge in [0.25, 0.3) is 0 Å². The lowest BCUT2D eigenvalue weighted by molar-refractivity contribution is -0.171. The number of fused-ring (bicyclic) bond motifs is 5. The molecule has 4 rings (SSSR count). The molecule has 4 fully saturated rings. The van der Waals surface area contributed by atoms with Crippen LogP contribution in [0.25, 0.3) is 0 Å². The highest BCUT2D eigenvalue weighted by molar-refractivity contribution is 5.76. The van der Waals surface area contributed by atoms with Gasteiger partial charge >= 0.3 is 17.9 Å². The van der Waals surface area contributed by atoms with Gasteiger partial charge in [0.15, 0.2) is 0 Å². The molecule has 0 saturated heterocycles. The molecule has 0 amide bonds. The minimum Gasteiger partial charge on any atom is -0.465 e. The molecule has 0 N–H and O–H groups in total. The average Bonchev–Trinajstić information content (AvgIpc) is 3.28. The topological polar surface area (TPSA) is 78.9 Å². The monoisotopic (exact) mass is 602 g/mol. The lowest BCUT2D eigenvalue weighted by atomic mass is 9.44. The zero-order valence-electron chi connectivity index (χ0n) is 28.9. The molecule has 9 atom stereocenters. The van der Waals surface area contributed by atoms with Gasteiger partial charge in [-0.25, -0.2) is 0 Å². The van der Waals surface area contributed by atoms with E-state index in [1.807, 2.05) is 34.6 Å². The van der Waals surface area contributed by atoms with Crippen molar-refractivity contribution < 1.29 is 28.6 Å². The van der Waals surface area contributed by atoms with E-state index in [9.17, 15) is 14.4 Å². The Labute approximate surface area is 262 Å². The Balaban J connectivity index is 1.28. The minimum atomic E-state index is -0.524. The fraction of sp³-hybridized carbons (Fsp3) is 0.919. The molecule has 246 valence electrons. The van der Waals surface area contributed by atoms with Crippen LogP contribution in [0.1, 0.15) is 146 Å². The van der Waals surface area contributed by atoms with Crippen molar-refractivity contribution in [2.45, 2.75) is 157 Å². The molecule has 0 heterocycles. The summed E-state index contributed by atoms with van der Waals surface area (Å²) in [6.07, 6.45) is 13.3. The van der Waals surface area contributed by atoms with Gasteiger partial charge in [0, 0.05) is 6.42 Å². The summed E-state index contributed by atoms with van der Waals surface area (Å²) in [5.41, 5.74) is -0.211. The van der Waals surface area contributed by atoms with Gasteiger partial charge < -0.3 is 14.2 Å². The zero-order chi connectivity index (χ0) is 31.8. The van der Waals surface area contributed by atoms with Gasteiger partial charge in [-0.1, -0.05) is 27.7 Å². The Morgan fingerprint density at radius 1 is 0.837 bits per heavy atom. The van der Waals surface area contributed by atoms with E-state index in [-0.39, 0.29) is 37.0 Å². The first-order valence-corrected chi connectivity index (χ1v) is 17.6. The van der Waals surface area contributed by atoms with Gasteiger partial charge in [0.05, 0.1) is 11.8 Å². The van der Waals surface area contributed by atoms with Crippen LogP contribution in [0.2, 0.25) is 0 Å². The molecule has 0 aromatic heterocycles. The summed E-state index contributed by atoms with van der Waals surface area (Å²) in [5.74, 6) is 3.59. The third kappa shape index (κ3) is 7.46. The lowest BCUT2D eigenvalue weighted by Crippen LogP contribution is -2.54. The standard InChI is InChI=1S/C37H62O6/c1-10-35(6,7)33(40)42-26-17-20-36(8)25(23-26)12-13-27-29-15-14-28(37(29,9)21-18-30(27)36)24(2)11-16-31(38)41-22-19-32(39)43-34(3,4)5/h24-30H,10-23H2,1-9H3. The van der Waals surface area contributed by atoms with E-state index in [4.69, 9.17) is 14.2 Å². The quantitative estimate of drug-likeness (QED) is 0.184. The summed E-state index contributed by atoms with van der Waals surface area (Å²) >= 11 is 0. The average molecular weight is 603 g/mol. The van der Waals surface area contributed by atoms with Crippen molar-refractivity contribution in [3.63, 3.8) is 0 Å². The summed E-state index contributed by atoms with van der Waals surface area (Å²) in [6.45, 7) is 19.2. The summed E-state index contributed by atoms with van der Waals surface area (Å²) in [7, 11) is 0. The van der Waals surface area contributed by atoms with E-state index in [1.165, 1.54) is 44.9 Å². The first-order valence-electron chi connectivity index (χ1n) is 17.6. The minimum absolute atomic E-state index is 0.0223. The molecule has 4 saturated carbocycles. The molecule has 0 radical (unpaired) electrons. The van der Waals surface area contributed by atoms with Crippen LogP contribution in [0.4, 0.5) is 0 Å². The van der Waals surface area contributed by atoms with Crippen LogP contribution in [-0.4, -0.2) is 36.2 Å². The number of carbonyl (C=O) groups excluding carboxylic acids is 3. The Morgan fingerprint density at radius 3 is 2.19 bits per heavy atom. The van der Waals surface area contributed by atoms with Gasteiger partial charge in [-0.2, -0.15) is 0 Å². The predicted octanol–water partition coefficient (Wildman–Crippen LogP) is 8.68. The number of hydrogen-bond acceptors (Lipinski definition) is 6. The molecule has 6 heteroatoms. The molecular weight excluding hydrogens is 540 g/mol. The summed E-state index contributed by atoms with van der Waals surface area (Å²) in [6, 6.07) is 0. The van der Waals surface area contributed by atoms with Gasteiger partial charge in [-0.15, -0.1) is 0 Å². The van der Waals surface area contributed by atoms with Crippen LogP contribution in [0.5, 0.6) is 0 Å². The van der Waals surface area contributed by atoms with E-state index in [0.717, 1.165) is 43.4 Å². The molecular formula is C37H62O6. The maximum atomic E-state index is 12.8. The van der Waals surface area contributed by atoms with Gasteiger partial charge in [-0.3, -0.25) is 14.4 Å². The second-order valence-corrected chi connectivity index (χ2v) is 17.0. The highest BCUT2D eigenvalue weighted by atomic mass is 16.6. The number of esters is 3. The molecule has 0 spiro atoms. The van der Waals surface area contributed by atoms with Crippen molar-refractivity contribution in [2.24, 2.45) is 51.8 Å². The van der Waals surface area contributed by atoms with Crippen molar-refractivity contribution in [3.8, 4) is 0 Å². The largest absolute Gasteiger partial charge is 0.465 e. The normalized spacial score (nSPS) is 36.5. The molecule has 0 aromatic rings. The molecule has 0 aliphatic heterocycles. The Bertz CT molecular complexity index is 1010. The van der Waals surface area contributed by atoms with Crippen molar-refractivity contribution in [2.75, 3.05) is 6.61 Å². The maximum Gasteiger partial charge on any atom is 0.311 e. The lowest BCUT2D eigenvalue weighted by Gasteiger charge is -2.61. The molecule has 4 aliphatic carbocycles. The SMILES string of the molecule is CCC(C)(C)C(=O)OC1CCC2(C)C(CCC3C2CCC2(C)C(C(C)CCC(=O)OCCC(=O)OC(C)(C)C)CCC32)C1. The number of hydrogen-bond donors (Lipinski definition) is 0. The number of rotatable bonds is 10. The third-order valence-electron chi connectivity index (χ3n) is 12.9. The van der Waals surface area contributed by atoms with Crippen molar-refractivity contribution in [1.82, 2.24) is 0 Å². The second-order valence-electron chi connectivity index (χ2n) is 17.0. The predicted molar refractivity (Wildman–Crippen MR) is 169 cm³/mol. The Kier molecular flexibility index (Phi) is 10.4. The summed E-state index contributed by atoms with van der Waals surface area (Å²) in [4.78, 5) is 37.2. The molecule has 9 unspecified atom stereocenters. The zero-order valence-corrected chi connectivity index (χ0v) is 28.9. The smallest absolute Gasteiger partial charge is 0.311 e. The highest BCUT2D eigenvalue weighted by Crippen LogP contribution is 2.68. The fourth-order valence-corrected chi connectivity index (χ4v) is 10.0. The van der Waals surface area contributed by atoms with Crippen LogP contribution >= 0.6 is 0 Å². The van der Waals surface area contributed by atoms with Crippen LogP contribution in [0, 0.1) is 51.8 Å². The van der Waals surface area contributed by atoms with E-state index in [1.54, 1.807) is 0 Å². The summed E-state index contributed by atoms with van der Waals surface area (Å²) in [5, 5.41) is 0. The van der Waals surface area contributed by atoms with E-state index >= 15 is 0 Å². The third-order valence-corrected chi connectivity index (χ3v) is 12.9. The van der Waals surface area contributed by atoms with Crippen LogP contribution in [0.15, 0.2) is 0 Å². The molecule has 0 bridgehead atoms. The number of carbonyl (C=O) groups is 3. The Morgan fingerprint density at radius 2 is 1.51 bits per heavy atom. The van der Waals surface area contributed by atoms with E-state index in [0.29, 0.717) is 35.0 Å². The van der Waals surface area contributed by atoms with Gasteiger partial charge in [0.1, 0.15) is 18.3 Å². The number of ether oxygens (including phenoxy) is 3. The van der Waals surface area contributed by atoms with Crippen LogP contribution in [-0.2, 0) is 28.6 Å². The first-order chi connectivity index (χ1) is 20.0. The van der Waals surface area contributed by atoms with E-state index in [2.05, 4.69) is 27.7 Å². The highest BCUT2D eigenvalue weighted by Gasteiger charge is 2.60. The van der Waals surface area contributed by atoms with Crippen molar-refractivity contribution in [3.05, 3.63) is 0 Å². The summed E-state index contributed by atoms with van der Waals surface area (Å²) < 4.78 is 16.8. The molecule has 6 nitrogen and oxygen atoms in total. The van der Waals surface area contributed by atoms with Crippen LogP contribution in [0.3, 0.4) is 0 Å². The molecule has 43 heavy (non-hydrogen) atoms. The molecule has 0 aromatic carbocycles. The van der Waals surface area contributed by atoms with Crippen LogP contribution < -0.4 is 0 Å².